The van der Waals surface area contributed by atoms with E-state index in [1.54, 1.807) is 28.9 Å². The largest absolute Gasteiger partial charge is 0.508 e. The molecule has 0 spiro atoms. The minimum Gasteiger partial charge on any atom is -0.508 e. The van der Waals surface area contributed by atoms with E-state index in [2.05, 4.69) is 10.4 Å². The molecule has 0 radical (unpaired) electrons. The summed E-state index contributed by atoms with van der Waals surface area (Å²) in [4.78, 5) is 17.5. The molecule has 4 aromatic rings. The van der Waals surface area contributed by atoms with E-state index in [4.69, 9.17) is 9.72 Å². The molecule has 0 aliphatic carbocycles. The molecule has 7 nitrogen and oxygen atoms in total. The number of phenolic OH excluding ortho intramolecular Hbond substituents is 1. The third-order valence-corrected chi connectivity index (χ3v) is 6.16. The van der Waals surface area contributed by atoms with Crippen molar-refractivity contribution in [3.05, 3.63) is 71.7 Å². The zero-order valence-electron chi connectivity index (χ0n) is 17.3. The predicted octanol–water partition coefficient (Wildman–Crippen LogP) is 4.28. The molecule has 32 heavy (non-hydrogen) atoms. The fourth-order valence-corrected chi connectivity index (χ4v) is 4.51. The molecule has 1 amide bonds. The highest BCUT2D eigenvalue weighted by Crippen LogP contribution is 2.30. The first kappa shape index (κ1) is 20.4. The number of aromatic nitrogens is 3. The number of hydrogen-bond donors (Lipinski definition) is 2. The Morgan fingerprint density at radius 2 is 2.00 bits per heavy atom. The maximum atomic E-state index is 12.8. The normalized spacial score (nSPS) is 15.7. The van der Waals surface area contributed by atoms with E-state index in [0.29, 0.717) is 17.4 Å². The maximum absolute atomic E-state index is 12.8. The molecule has 2 N–H and O–H groups in total. The zero-order valence-corrected chi connectivity index (χ0v) is 18.1. The van der Waals surface area contributed by atoms with E-state index in [0.717, 1.165) is 42.0 Å². The Kier molecular flexibility index (Phi) is 5.70. The van der Waals surface area contributed by atoms with E-state index < -0.39 is 0 Å². The van der Waals surface area contributed by atoms with Crippen molar-refractivity contribution < 1.29 is 14.6 Å². The number of aromatic hydroxyl groups is 1. The molecule has 2 aromatic heterocycles. The molecular formula is C24H22N4O3S. The summed E-state index contributed by atoms with van der Waals surface area (Å²) in [6.07, 6.45) is 2.05. The Balaban J connectivity index is 1.47. The first-order valence-corrected chi connectivity index (χ1v) is 11.4. The first-order chi connectivity index (χ1) is 15.7. The van der Waals surface area contributed by atoms with Crippen molar-refractivity contribution >= 4 is 17.2 Å². The number of thiazole rings is 1. The number of amides is 1. The summed E-state index contributed by atoms with van der Waals surface area (Å²) in [6.45, 7) is 1.23. The Morgan fingerprint density at radius 3 is 2.78 bits per heavy atom. The van der Waals surface area contributed by atoms with Gasteiger partial charge in [-0.1, -0.05) is 42.5 Å². The van der Waals surface area contributed by atoms with Gasteiger partial charge < -0.3 is 15.2 Å². The Labute approximate surface area is 189 Å². The summed E-state index contributed by atoms with van der Waals surface area (Å²) in [5, 5.41) is 19.9. The highest BCUT2D eigenvalue weighted by Gasteiger charge is 2.21. The molecular weight excluding hydrogens is 424 g/mol. The van der Waals surface area contributed by atoms with Gasteiger partial charge in [-0.15, -0.1) is 11.3 Å². The molecule has 1 atom stereocenters. The molecule has 0 unspecified atom stereocenters. The van der Waals surface area contributed by atoms with E-state index in [9.17, 15) is 9.90 Å². The predicted molar refractivity (Wildman–Crippen MR) is 123 cm³/mol. The number of carbonyl (C=O) groups excluding carboxylic acids is 1. The third kappa shape index (κ3) is 4.28. The SMILES string of the molecule is O=C(NC[C@H]1CCCO1)c1cc(-c2ccccc2)n(-c2nc(-c3cccc(O)c3)cs2)n1. The smallest absolute Gasteiger partial charge is 0.271 e. The van der Waals surface area contributed by atoms with Crippen LogP contribution < -0.4 is 5.32 Å². The Hall–Kier alpha value is -3.49. The summed E-state index contributed by atoms with van der Waals surface area (Å²) in [5.41, 5.74) is 3.60. The topological polar surface area (TPSA) is 89.3 Å². The van der Waals surface area contributed by atoms with Gasteiger partial charge in [0.2, 0.25) is 5.13 Å². The number of carbonyl (C=O) groups is 1. The lowest BCUT2D eigenvalue weighted by Crippen LogP contribution is -2.32. The average Bonchev–Trinajstić information content (AvgIpc) is 3.58. The number of nitrogens with zero attached hydrogens (tertiary/aromatic N) is 3. The highest BCUT2D eigenvalue weighted by atomic mass is 32.1. The molecule has 3 heterocycles. The number of nitrogens with one attached hydrogen (secondary N) is 1. The Morgan fingerprint density at radius 1 is 1.16 bits per heavy atom. The van der Waals surface area contributed by atoms with Gasteiger partial charge in [0.05, 0.1) is 17.5 Å². The lowest BCUT2D eigenvalue weighted by Gasteiger charge is -2.09. The van der Waals surface area contributed by atoms with Crippen LogP contribution in [0.2, 0.25) is 0 Å². The summed E-state index contributed by atoms with van der Waals surface area (Å²) in [5.74, 6) is -0.0486. The maximum Gasteiger partial charge on any atom is 0.271 e. The van der Waals surface area contributed by atoms with Crippen molar-refractivity contribution in [1.82, 2.24) is 20.1 Å². The van der Waals surface area contributed by atoms with Gasteiger partial charge in [-0.2, -0.15) is 5.10 Å². The quantitative estimate of drug-likeness (QED) is 0.462. The van der Waals surface area contributed by atoms with Crippen LogP contribution in [-0.4, -0.2) is 45.0 Å². The standard InChI is InChI=1S/C24H22N4O3S/c29-18-9-4-8-17(12-18)21-15-32-24(26-21)28-22(16-6-2-1-3-7-16)13-20(27-28)23(30)25-14-19-10-5-11-31-19/h1-4,6-9,12-13,15,19,29H,5,10-11,14H2,(H,25,30)/t19-/m1/s1. The third-order valence-electron chi connectivity index (χ3n) is 5.34. The van der Waals surface area contributed by atoms with Crippen LogP contribution in [0.5, 0.6) is 5.75 Å². The van der Waals surface area contributed by atoms with E-state index >= 15 is 0 Å². The van der Waals surface area contributed by atoms with E-state index in [-0.39, 0.29) is 17.8 Å². The van der Waals surface area contributed by atoms with Gasteiger partial charge in [-0.25, -0.2) is 9.67 Å². The molecule has 2 aromatic carbocycles. The number of rotatable bonds is 6. The van der Waals surface area contributed by atoms with Gasteiger partial charge in [0.1, 0.15) is 5.75 Å². The number of hydrogen-bond acceptors (Lipinski definition) is 6. The lowest BCUT2D eigenvalue weighted by molar-refractivity contribution is 0.0853. The molecule has 1 aliphatic rings. The van der Waals surface area contributed by atoms with Crippen LogP contribution in [0.25, 0.3) is 27.6 Å². The molecule has 5 rings (SSSR count). The molecule has 0 bridgehead atoms. The minimum absolute atomic E-state index is 0.0680. The van der Waals surface area contributed by atoms with Gasteiger partial charge in [-0.05, 0) is 31.0 Å². The van der Waals surface area contributed by atoms with Gasteiger partial charge in [0, 0.05) is 29.7 Å². The fraction of sp³-hybridized carbons (Fsp3) is 0.208. The van der Waals surface area contributed by atoms with Crippen LogP contribution in [-0.2, 0) is 4.74 Å². The second kappa shape index (κ2) is 8.94. The van der Waals surface area contributed by atoms with E-state index in [1.165, 1.54) is 11.3 Å². The van der Waals surface area contributed by atoms with Gasteiger partial charge in [0.15, 0.2) is 5.69 Å². The first-order valence-electron chi connectivity index (χ1n) is 10.5. The van der Waals surface area contributed by atoms with E-state index in [1.807, 2.05) is 41.8 Å². The van der Waals surface area contributed by atoms with Crippen molar-refractivity contribution in [2.45, 2.75) is 18.9 Å². The minimum atomic E-state index is -0.235. The molecule has 162 valence electrons. The van der Waals surface area contributed by atoms with Crippen molar-refractivity contribution in [2.24, 2.45) is 0 Å². The van der Waals surface area contributed by atoms with Crippen molar-refractivity contribution in [3.63, 3.8) is 0 Å². The van der Waals surface area contributed by atoms with Crippen LogP contribution in [0, 0.1) is 0 Å². The molecule has 1 aliphatic heterocycles. The molecule has 1 saturated heterocycles. The molecule has 1 fully saturated rings. The zero-order chi connectivity index (χ0) is 21.9. The van der Waals surface area contributed by atoms with Crippen molar-refractivity contribution in [2.75, 3.05) is 13.2 Å². The van der Waals surface area contributed by atoms with Crippen LogP contribution >= 0.6 is 11.3 Å². The van der Waals surface area contributed by atoms with Crippen LogP contribution in [0.3, 0.4) is 0 Å². The average molecular weight is 447 g/mol. The number of phenols is 1. The van der Waals surface area contributed by atoms with Crippen LogP contribution in [0.4, 0.5) is 0 Å². The summed E-state index contributed by atoms with van der Waals surface area (Å²) >= 11 is 1.43. The summed E-state index contributed by atoms with van der Waals surface area (Å²) in [7, 11) is 0. The molecule has 0 saturated carbocycles. The van der Waals surface area contributed by atoms with Crippen molar-refractivity contribution in [1.29, 1.82) is 0 Å². The van der Waals surface area contributed by atoms with Gasteiger partial charge in [-0.3, -0.25) is 4.79 Å². The fourth-order valence-electron chi connectivity index (χ4n) is 3.71. The number of benzene rings is 2. The van der Waals surface area contributed by atoms with Crippen LogP contribution in [0.15, 0.2) is 66.0 Å². The highest BCUT2D eigenvalue weighted by molar-refractivity contribution is 7.12. The summed E-state index contributed by atoms with van der Waals surface area (Å²) in [6, 6.07) is 18.6. The monoisotopic (exact) mass is 446 g/mol. The van der Waals surface area contributed by atoms with Gasteiger partial charge in [0.25, 0.3) is 5.91 Å². The second-order valence-electron chi connectivity index (χ2n) is 7.60. The molecule has 8 heteroatoms. The van der Waals surface area contributed by atoms with Gasteiger partial charge >= 0.3 is 0 Å². The lowest BCUT2D eigenvalue weighted by atomic mass is 10.1. The van der Waals surface area contributed by atoms with Crippen LogP contribution in [0.1, 0.15) is 23.3 Å². The Bertz CT molecular complexity index is 1230. The number of ether oxygens (including phenoxy) is 1. The summed E-state index contributed by atoms with van der Waals surface area (Å²) < 4.78 is 7.30. The second-order valence-corrected chi connectivity index (χ2v) is 8.44. The van der Waals surface area contributed by atoms with Crippen molar-refractivity contribution in [3.8, 4) is 33.4 Å².